The van der Waals surface area contributed by atoms with Crippen molar-refractivity contribution in [1.29, 1.82) is 0 Å². The van der Waals surface area contributed by atoms with Crippen molar-refractivity contribution in [3.8, 4) is 5.75 Å². The summed E-state index contributed by atoms with van der Waals surface area (Å²) in [6.07, 6.45) is 0. The molecule has 0 radical (unpaired) electrons. The van der Waals surface area contributed by atoms with Gasteiger partial charge in [0, 0.05) is 38.3 Å². The van der Waals surface area contributed by atoms with Crippen LogP contribution in [0.3, 0.4) is 0 Å². The zero-order chi connectivity index (χ0) is 21.0. The Hall–Kier alpha value is -3.69. The van der Waals surface area contributed by atoms with Gasteiger partial charge in [0.15, 0.2) is 0 Å². The topological polar surface area (TPSA) is 119 Å². The smallest absolute Gasteiger partial charge is 0.277 e. The summed E-state index contributed by atoms with van der Waals surface area (Å²) in [5.74, 6) is 0.304. The Morgan fingerprint density at radius 1 is 1.00 bits per heavy atom. The first-order chi connectivity index (χ1) is 13.9. The largest absolute Gasteiger partial charge is 0.492 e. The Labute approximate surface area is 166 Å². The van der Waals surface area contributed by atoms with E-state index in [-0.39, 0.29) is 5.56 Å². The van der Waals surface area contributed by atoms with Crippen LogP contribution in [-0.2, 0) is 0 Å². The lowest BCUT2D eigenvalue weighted by molar-refractivity contribution is -0.394. The van der Waals surface area contributed by atoms with E-state index in [1.165, 1.54) is 0 Å². The molecule has 1 amide bonds. The van der Waals surface area contributed by atoms with Gasteiger partial charge in [-0.1, -0.05) is 12.1 Å². The number of anilines is 1. The minimum atomic E-state index is -0.744. The summed E-state index contributed by atoms with van der Waals surface area (Å²) in [5, 5.41) is 22.1. The molecule has 1 aliphatic rings. The SMILES string of the molecule is CCOc1ccccc1N1CCN(C(=O)c2cc([N+](=O)[O-])cc([N+](=O)[O-])c2)CC1. The highest BCUT2D eigenvalue weighted by atomic mass is 16.6. The van der Waals surface area contributed by atoms with E-state index in [0.29, 0.717) is 32.8 Å². The maximum atomic E-state index is 12.8. The van der Waals surface area contributed by atoms with Crippen LogP contribution >= 0.6 is 0 Å². The number of non-ortho nitro benzene ring substituents is 2. The molecule has 1 saturated heterocycles. The van der Waals surface area contributed by atoms with Gasteiger partial charge in [0.1, 0.15) is 5.75 Å². The molecule has 0 aliphatic carbocycles. The monoisotopic (exact) mass is 400 g/mol. The zero-order valence-corrected chi connectivity index (χ0v) is 15.8. The first-order valence-corrected chi connectivity index (χ1v) is 9.10. The molecule has 1 fully saturated rings. The fraction of sp³-hybridized carbons (Fsp3) is 0.316. The molecule has 0 unspecified atom stereocenters. The van der Waals surface area contributed by atoms with Crippen LogP contribution in [0.4, 0.5) is 17.1 Å². The number of piperazine rings is 1. The maximum absolute atomic E-state index is 12.8. The number of nitro benzene ring substituents is 2. The van der Waals surface area contributed by atoms with Crippen LogP contribution in [0.1, 0.15) is 17.3 Å². The predicted molar refractivity (Wildman–Crippen MR) is 105 cm³/mol. The number of ether oxygens (including phenoxy) is 1. The molecule has 0 spiro atoms. The second kappa shape index (κ2) is 8.55. The van der Waals surface area contributed by atoms with E-state index in [4.69, 9.17) is 4.74 Å². The van der Waals surface area contributed by atoms with Gasteiger partial charge in [0.25, 0.3) is 17.3 Å². The summed E-state index contributed by atoms with van der Waals surface area (Å²) < 4.78 is 5.66. The molecular formula is C19H20N4O6. The molecule has 2 aromatic rings. The van der Waals surface area contributed by atoms with Gasteiger partial charge in [0.05, 0.1) is 33.8 Å². The molecule has 10 nitrogen and oxygen atoms in total. The van der Waals surface area contributed by atoms with Crippen molar-refractivity contribution < 1.29 is 19.4 Å². The molecule has 29 heavy (non-hydrogen) atoms. The highest BCUT2D eigenvalue weighted by molar-refractivity contribution is 5.95. The Balaban J connectivity index is 1.75. The lowest BCUT2D eigenvalue weighted by Gasteiger charge is -2.36. The molecule has 152 valence electrons. The number of para-hydroxylation sites is 2. The van der Waals surface area contributed by atoms with Gasteiger partial charge >= 0.3 is 0 Å². The van der Waals surface area contributed by atoms with Crippen LogP contribution < -0.4 is 9.64 Å². The first kappa shape index (κ1) is 20.1. The highest BCUT2D eigenvalue weighted by Gasteiger charge is 2.27. The van der Waals surface area contributed by atoms with Crippen LogP contribution in [0.5, 0.6) is 5.75 Å². The quantitative estimate of drug-likeness (QED) is 0.540. The van der Waals surface area contributed by atoms with Gasteiger partial charge in [-0.2, -0.15) is 0 Å². The number of carbonyl (C=O) groups is 1. The number of amides is 1. The van der Waals surface area contributed by atoms with E-state index in [2.05, 4.69) is 4.90 Å². The van der Waals surface area contributed by atoms with Crippen LogP contribution in [0.2, 0.25) is 0 Å². The summed E-state index contributed by atoms with van der Waals surface area (Å²) >= 11 is 0. The average Bonchev–Trinajstić information content (AvgIpc) is 2.73. The third kappa shape index (κ3) is 4.42. The summed E-state index contributed by atoms with van der Waals surface area (Å²) in [5.41, 5.74) is -0.0832. The molecule has 10 heteroatoms. The van der Waals surface area contributed by atoms with Crippen molar-refractivity contribution in [3.63, 3.8) is 0 Å². The van der Waals surface area contributed by atoms with Gasteiger partial charge in [0.2, 0.25) is 0 Å². The molecule has 0 N–H and O–H groups in total. The van der Waals surface area contributed by atoms with Gasteiger partial charge in [-0.15, -0.1) is 0 Å². The molecule has 0 atom stereocenters. The minimum absolute atomic E-state index is 0.0610. The highest BCUT2D eigenvalue weighted by Crippen LogP contribution is 2.29. The number of nitro groups is 2. The Morgan fingerprint density at radius 2 is 1.59 bits per heavy atom. The van der Waals surface area contributed by atoms with E-state index in [9.17, 15) is 25.0 Å². The summed E-state index contributed by atoms with van der Waals surface area (Å²) in [7, 11) is 0. The molecular weight excluding hydrogens is 380 g/mol. The average molecular weight is 400 g/mol. The Kier molecular flexibility index (Phi) is 5.91. The normalized spacial score (nSPS) is 13.8. The molecule has 0 saturated carbocycles. The first-order valence-electron chi connectivity index (χ1n) is 9.10. The number of benzene rings is 2. The molecule has 1 heterocycles. The fourth-order valence-corrected chi connectivity index (χ4v) is 3.26. The van der Waals surface area contributed by atoms with E-state index in [1.807, 2.05) is 31.2 Å². The second-order valence-electron chi connectivity index (χ2n) is 6.43. The molecule has 0 bridgehead atoms. The van der Waals surface area contributed by atoms with Crippen molar-refractivity contribution in [3.05, 3.63) is 68.3 Å². The van der Waals surface area contributed by atoms with Crippen molar-refractivity contribution in [2.24, 2.45) is 0 Å². The Bertz CT molecular complexity index is 908. The van der Waals surface area contributed by atoms with Crippen LogP contribution in [0, 0.1) is 20.2 Å². The lowest BCUT2D eigenvalue weighted by atomic mass is 10.1. The molecule has 0 aromatic heterocycles. The van der Waals surface area contributed by atoms with E-state index < -0.39 is 27.1 Å². The minimum Gasteiger partial charge on any atom is -0.492 e. The second-order valence-corrected chi connectivity index (χ2v) is 6.43. The van der Waals surface area contributed by atoms with Gasteiger partial charge in [-0.25, -0.2) is 0 Å². The van der Waals surface area contributed by atoms with E-state index in [1.54, 1.807) is 4.90 Å². The van der Waals surface area contributed by atoms with E-state index >= 15 is 0 Å². The maximum Gasteiger partial charge on any atom is 0.277 e. The standard InChI is InChI=1S/C19H20N4O6/c1-2-29-18-6-4-3-5-17(18)20-7-9-21(10-8-20)19(24)14-11-15(22(25)26)13-16(12-14)23(27)28/h3-6,11-13H,2,7-10H2,1H3. The molecule has 3 rings (SSSR count). The third-order valence-electron chi connectivity index (χ3n) is 4.64. The van der Waals surface area contributed by atoms with Gasteiger partial charge in [-0.05, 0) is 19.1 Å². The summed E-state index contributed by atoms with van der Waals surface area (Å²) in [6, 6.07) is 10.6. The van der Waals surface area contributed by atoms with E-state index in [0.717, 1.165) is 29.6 Å². The number of hydrogen-bond acceptors (Lipinski definition) is 7. The fourth-order valence-electron chi connectivity index (χ4n) is 3.26. The Morgan fingerprint density at radius 3 is 2.14 bits per heavy atom. The van der Waals surface area contributed by atoms with Crippen molar-refractivity contribution in [1.82, 2.24) is 4.90 Å². The number of hydrogen-bond donors (Lipinski definition) is 0. The van der Waals surface area contributed by atoms with Crippen molar-refractivity contribution in [2.75, 3.05) is 37.7 Å². The van der Waals surface area contributed by atoms with Crippen LogP contribution in [0.25, 0.3) is 0 Å². The van der Waals surface area contributed by atoms with Crippen LogP contribution in [0.15, 0.2) is 42.5 Å². The molecule has 2 aromatic carbocycles. The summed E-state index contributed by atoms with van der Waals surface area (Å²) in [4.78, 5) is 37.1. The zero-order valence-electron chi connectivity index (χ0n) is 15.8. The third-order valence-corrected chi connectivity index (χ3v) is 4.64. The number of nitrogens with zero attached hydrogens (tertiary/aromatic N) is 4. The van der Waals surface area contributed by atoms with Crippen molar-refractivity contribution in [2.45, 2.75) is 6.92 Å². The predicted octanol–water partition coefficient (Wildman–Crippen LogP) is 2.86. The van der Waals surface area contributed by atoms with Crippen molar-refractivity contribution >= 4 is 23.0 Å². The summed E-state index contributed by atoms with van der Waals surface area (Å²) in [6.45, 7) is 4.32. The number of rotatable bonds is 6. The van der Waals surface area contributed by atoms with Gasteiger partial charge < -0.3 is 14.5 Å². The number of carbonyl (C=O) groups excluding carboxylic acids is 1. The van der Waals surface area contributed by atoms with Gasteiger partial charge in [-0.3, -0.25) is 25.0 Å². The lowest BCUT2D eigenvalue weighted by Crippen LogP contribution is -2.48. The molecule has 1 aliphatic heterocycles. The van der Waals surface area contributed by atoms with Crippen LogP contribution in [-0.4, -0.2) is 53.4 Å².